The number of carboxylic acids is 1. The Morgan fingerprint density at radius 1 is 1.39 bits per heavy atom. The molecule has 0 saturated carbocycles. The zero-order valence-corrected chi connectivity index (χ0v) is 10.9. The van der Waals surface area contributed by atoms with E-state index in [1.54, 1.807) is 0 Å². The number of hydrogen-bond acceptors (Lipinski definition) is 2. The Bertz CT molecular complexity index is 429. The molecule has 2 N–H and O–H groups in total. The van der Waals surface area contributed by atoms with Crippen molar-refractivity contribution in [1.82, 2.24) is 5.32 Å². The highest BCUT2D eigenvalue weighted by atomic mass is 16.4. The second kappa shape index (κ2) is 6.01. The highest BCUT2D eigenvalue weighted by Gasteiger charge is 2.16. The molecule has 1 aromatic rings. The normalized spacial score (nSPS) is 15.4. The van der Waals surface area contributed by atoms with E-state index in [9.17, 15) is 4.79 Å². The third kappa shape index (κ3) is 3.10. The zero-order valence-electron chi connectivity index (χ0n) is 10.9. The van der Waals surface area contributed by atoms with Gasteiger partial charge in [-0.15, -0.1) is 0 Å². The molecule has 3 heteroatoms. The van der Waals surface area contributed by atoms with Crippen LogP contribution in [-0.4, -0.2) is 17.1 Å². The molecule has 0 radical (unpaired) electrons. The quantitative estimate of drug-likeness (QED) is 0.812. The lowest BCUT2D eigenvalue weighted by Gasteiger charge is -2.14. The van der Waals surface area contributed by atoms with Crippen LogP contribution in [0.2, 0.25) is 0 Å². The first-order chi connectivity index (χ1) is 8.70. The molecule has 98 valence electrons. The van der Waals surface area contributed by atoms with E-state index in [0.29, 0.717) is 13.0 Å². The molecule has 0 spiro atoms. The van der Waals surface area contributed by atoms with Crippen LogP contribution in [0.25, 0.3) is 0 Å². The third-order valence-corrected chi connectivity index (χ3v) is 3.59. The van der Waals surface area contributed by atoms with Gasteiger partial charge < -0.3 is 10.4 Å². The number of fused-ring (bicyclic) bond motifs is 1. The molecule has 1 aliphatic rings. The molecule has 1 unspecified atom stereocenters. The summed E-state index contributed by atoms with van der Waals surface area (Å²) in [5.74, 6) is -0.752. The summed E-state index contributed by atoms with van der Waals surface area (Å²) in [7, 11) is 0. The van der Waals surface area contributed by atoms with Gasteiger partial charge in [-0.05, 0) is 42.4 Å². The molecule has 0 aliphatic heterocycles. The van der Waals surface area contributed by atoms with Crippen LogP contribution in [0, 0.1) is 0 Å². The van der Waals surface area contributed by atoms with Crippen molar-refractivity contribution in [3.05, 3.63) is 34.9 Å². The van der Waals surface area contributed by atoms with Crippen molar-refractivity contribution in [2.24, 2.45) is 0 Å². The van der Waals surface area contributed by atoms with E-state index in [2.05, 4.69) is 23.5 Å². The number of rotatable bonds is 6. The fourth-order valence-electron chi connectivity index (χ4n) is 2.58. The minimum absolute atomic E-state index is 0.428. The van der Waals surface area contributed by atoms with Crippen LogP contribution in [0.15, 0.2) is 18.2 Å². The molecule has 0 fully saturated rings. The number of carboxylic acid groups (broad SMARTS) is 1. The van der Waals surface area contributed by atoms with E-state index in [1.165, 1.54) is 36.0 Å². The Morgan fingerprint density at radius 2 is 2.17 bits per heavy atom. The molecule has 18 heavy (non-hydrogen) atoms. The van der Waals surface area contributed by atoms with Crippen molar-refractivity contribution < 1.29 is 9.90 Å². The number of hydrogen-bond donors (Lipinski definition) is 2. The second-order valence-electron chi connectivity index (χ2n) is 5.02. The molecule has 2 rings (SSSR count). The van der Waals surface area contributed by atoms with Gasteiger partial charge in [-0.3, -0.25) is 4.79 Å². The van der Waals surface area contributed by atoms with Gasteiger partial charge in [0.15, 0.2) is 0 Å². The van der Waals surface area contributed by atoms with E-state index in [4.69, 9.17) is 5.11 Å². The van der Waals surface area contributed by atoms with Gasteiger partial charge in [0.25, 0.3) is 0 Å². The molecular weight excluding hydrogens is 226 g/mol. The largest absolute Gasteiger partial charge is 0.480 e. The van der Waals surface area contributed by atoms with Gasteiger partial charge >= 0.3 is 5.97 Å². The summed E-state index contributed by atoms with van der Waals surface area (Å²) in [6.45, 7) is 2.65. The lowest BCUT2D eigenvalue weighted by molar-refractivity contribution is -0.139. The number of nitrogens with one attached hydrogen (secondary N) is 1. The third-order valence-electron chi connectivity index (χ3n) is 3.59. The fourth-order valence-corrected chi connectivity index (χ4v) is 2.58. The minimum Gasteiger partial charge on any atom is -0.480 e. The molecule has 1 aliphatic carbocycles. The predicted octanol–water partition coefficient (Wildman–Crippen LogP) is 2.52. The van der Waals surface area contributed by atoms with Crippen LogP contribution in [-0.2, 0) is 24.2 Å². The van der Waals surface area contributed by atoms with Gasteiger partial charge in [0.05, 0.1) is 0 Å². The summed E-state index contributed by atoms with van der Waals surface area (Å²) >= 11 is 0. The van der Waals surface area contributed by atoms with Crippen LogP contribution in [0.5, 0.6) is 0 Å². The maximum atomic E-state index is 11.0. The molecular formula is C15H21NO2. The standard InChI is InChI=1S/C15H21NO2/c1-2-4-14(15(17)18)16-10-11-7-8-12-5-3-6-13(12)9-11/h7-9,14,16H,2-6,10H2,1H3,(H,17,18). The maximum absolute atomic E-state index is 11.0. The average molecular weight is 247 g/mol. The number of carbonyl (C=O) groups is 1. The Morgan fingerprint density at radius 3 is 2.89 bits per heavy atom. The van der Waals surface area contributed by atoms with E-state index in [0.717, 1.165) is 6.42 Å². The van der Waals surface area contributed by atoms with Crippen molar-refractivity contribution in [2.75, 3.05) is 0 Å². The highest BCUT2D eigenvalue weighted by Crippen LogP contribution is 2.22. The molecule has 1 aromatic carbocycles. The summed E-state index contributed by atoms with van der Waals surface area (Å²) in [5.41, 5.74) is 4.09. The number of aliphatic carboxylic acids is 1. The van der Waals surface area contributed by atoms with Crippen molar-refractivity contribution in [1.29, 1.82) is 0 Å². The number of benzene rings is 1. The van der Waals surface area contributed by atoms with Crippen LogP contribution in [0.4, 0.5) is 0 Å². The first kappa shape index (κ1) is 13.1. The molecule has 0 bridgehead atoms. The molecule has 0 amide bonds. The van der Waals surface area contributed by atoms with Crippen LogP contribution >= 0.6 is 0 Å². The van der Waals surface area contributed by atoms with Crippen LogP contribution in [0.3, 0.4) is 0 Å². The Kier molecular flexibility index (Phi) is 4.37. The summed E-state index contributed by atoms with van der Waals surface area (Å²) in [4.78, 5) is 11.0. The lowest BCUT2D eigenvalue weighted by Crippen LogP contribution is -2.36. The molecule has 3 nitrogen and oxygen atoms in total. The zero-order chi connectivity index (χ0) is 13.0. The van der Waals surface area contributed by atoms with E-state index < -0.39 is 12.0 Å². The summed E-state index contributed by atoms with van der Waals surface area (Å²) in [6, 6.07) is 6.10. The summed E-state index contributed by atoms with van der Waals surface area (Å²) in [6.07, 6.45) is 5.17. The first-order valence-electron chi connectivity index (χ1n) is 6.77. The first-order valence-corrected chi connectivity index (χ1v) is 6.77. The molecule has 0 saturated heterocycles. The van der Waals surface area contributed by atoms with Crippen LogP contribution < -0.4 is 5.32 Å². The van der Waals surface area contributed by atoms with Gasteiger partial charge in [-0.1, -0.05) is 31.5 Å². The average Bonchev–Trinajstić information content (AvgIpc) is 2.81. The van der Waals surface area contributed by atoms with E-state index >= 15 is 0 Å². The summed E-state index contributed by atoms with van der Waals surface area (Å²) in [5, 5.41) is 12.2. The van der Waals surface area contributed by atoms with Crippen molar-refractivity contribution in [3.8, 4) is 0 Å². The van der Waals surface area contributed by atoms with Gasteiger partial charge in [-0.2, -0.15) is 0 Å². The van der Waals surface area contributed by atoms with Gasteiger partial charge in [0.2, 0.25) is 0 Å². The summed E-state index contributed by atoms with van der Waals surface area (Å²) < 4.78 is 0. The maximum Gasteiger partial charge on any atom is 0.320 e. The number of aryl methyl sites for hydroxylation is 2. The fraction of sp³-hybridized carbons (Fsp3) is 0.533. The molecule has 1 atom stereocenters. The van der Waals surface area contributed by atoms with Gasteiger partial charge in [-0.25, -0.2) is 0 Å². The second-order valence-corrected chi connectivity index (χ2v) is 5.02. The Hall–Kier alpha value is -1.35. The molecule has 0 aromatic heterocycles. The van der Waals surface area contributed by atoms with Crippen molar-refractivity contribution >= 4 is 5.97 Å². The van der Waals surface area contributed by atoms with Crippen molar-refractivity contribution in [3.63, 3.8) is 0 Å². The molecule has 0 heterocycles. The van der Waals surface area contributed by atoms with Gasteiger partial charge in [0.1, 0.15) is 6.04 Å². The highest BCUT2D eigenvalue weighted by molar-refractivity contribution is 5.73. The monoisotopic (exact) mass is 247 g/mol. The van der Waals surface area contributed by atoms with Crippen molar-refractivity contribution in [2.45, 2.75) is 51.6 Å². The lowest BCUT2D eigenvalue weighted by atomic mass is 10.1. The smallest absolute Gasteiger partial charge is 0.320 e. The topological polar surface area (TPSA) is 49.3 Å². The SMILES string of the molecule is CCCC(NCc1ccc2c(c1)CCC2)C(=O)O. The van der Waals surface area contributed by atoms with E-state index in [-0.39, 0.29) is 0 Å². The van der Waals surface area contributed by atoms with Crippen LogP contribution in [0.1, 0.15) is 42.9 Å². The Balaban J connectivity index is 1.95. The van der Waals surface area contributed by atoms with E-state index in [1.807, 2.05) is 6.92 Å². The Labute approximate surface area is 108 Å². The predicted molar refractivity (Wildman–Crippen MR) is 71.6 cm³/mol. The van der Waals surface area contributed by atoms with Gasteiger partial charge in [0, 0.05) is 6.54 Å². The minimum atomic E-state index is -0.752.